The normalized spacial score (nSPS) is 29.7. The lowest BCUT2D eigenvalue weighted by atomic mass is 9.89. The first-order valence-corrected chi connectivity index (χ1v) is 7.88. The topological polar surface area (TPSA) is 65.0 Å². The second-order valence-electron chi connectivity index (χ2n) is 6.12. The number of likely N-dealkylation sites (tertiary alicyclic amines) is 1. The molecule has 2 aliphatic heterocycles. The Bertz CT molecular complexity index is 591. The van der Waals surface area contributed by atoms with E-state index in [-0.39, 0.29) is 19.6 Å². The highest BCUT2D eigenvalue weighted by molar-refractivity contribution is 5.69. The lowest BCUT2D eigenvalue weighted by Gasteiger charge is -2.56. The van der Waals surface area contributed by atoms with E-state index in [1.165, 1.54) is 9.80 Å². The molecule has 2 aliphatic rings. The van der Waals surface area contributed by atoms with E-state index in [4.69, 9.17) is 4.74 Å². The number of hydrogen-bond acceptors (Lipinski definition) is 5. The summed E-state index contributed by atoms with van der Waals surface area (Å²) >= 11 is 0. The van der Waals surface area contributed by atoms with Gasteiger partial charge in [0.15, 0.2) is 11.8 Å². The number of alkyl carbamates (subject to hydrolysis) is 1. The van der Waals surface area contributed by atoms with Crippen LogP contribution in [0.3, 0.4) is 0 Å². The molecule has 2 saturated heterocycles. The lowest BCUT2D eigenvalue weighted by molar-refractivity contribution is -0.265. The summed E-state index contributed by atoms with van der Waals surface area (Å²) in [6.45, 7) is -0.482. The van der Waals surface area contributed by atoms with Crippen LogP contribution in [0.4, 0.5) is 13.6 Å². The smallest absolute Gasteiger partial charge is 0.407 e. The lowest BCUT2D eigenvalue weighted by Crippen LogP contribution is -2.74. The number of carbonyl (C=O) groups is 1. The van der Waals surface area contributed by atoms with Gasteiger partial charge >= 0.3 is 6.09 Å². The molecule has 132 valence electrons. The second-order valence-corrected chi connectivity index (χ2v) is 6.12. The fourth-order valence-corrected chi connectivity index (χ4v) is 3.40. The summed E-state index contributed by atoms with van der Waals surface area (Å²) in [6.07, 6.45) is -3.52. The summed E-state index contributed by atoms with van der Waals surface area (Å²) in [5, 5.41) is 14.0. The van der Waals surface area contributed by atoms with Gasteiger partial charge in [0.2, 0.25) is 0 Å². The van der Waals surface area contributed by atoms with Gasteiger partial charge in [-0.1, -0.05) is 30.3 Å². The number of nitrogens with zero attached hydrogens (tertiary/aromatic N) is 2. The molecule has 6 nitrogen and oxygen atoms in total. The number of cyclic esters (lactones) is 1. The van der Waals surface area contributed by atoms with Crippen LogP contribution in [-0.4, -0.2) is 72.8 Å². The summed E-state index contributed by atoms with van der Waals surface area (Å²) in [4.78, 5) is 14.5. The van der Waals surface area contributed by atoms with Gasteiger partial charge in [0.05, 0.1) is 12.7 Å². The van der Waals surface area contributed by atoms with E-state index < -0.39 is 36.9 Å². The van der Waals surface area contributed by atoms with E-state index >= 15 is 0 Å². The molecule has 0 spiro atoms. The number of alkyl halides is 2. The van der Waals surface area contributed by atoms with Crippen LogP contribution in [0.2, 0.25) is 0 Å². The van der Waals surface area contributed by atoms with Gasteiger partial charge in [-0.2, -0.15) is 0 Å². The highest BCUT2D eigenvalue weighted by Gasteiger charge is 2.58. The second kappa shape index (κ2) is 6.62. The van der Waals surface area contributed by atoms with Crippen molar-refractivity contribution in [1.82, 2.24) is 15.1 Å². The molecule has 0 radical (unpaired) electrons. The molecule has 4 atom stereocenters. The van der Waals surface area contributed by atoms with Crippen LogP contribution in [-0.2, 0) is 10.5 Å². The average Bonchev–Trinajstić information content (AvgIpc) is 3.00. The third-order valence-corrected chi connectivity index (χ3v) is 4.67. The molecule has 0 aromatic heterocycles. The Hall–Kier alpha value is -1.77. The minimum Gasteiger partial charge on any atom is -0.439 e. The van der Waals surface area contributed by atoms with Crippen molar-refractivity contribution in [3.63, 3.8) is 0 Å². The Morgan fingerprint density at radius 2 is 2.17 bits per heavy atom. The summed E-state index contributed by atoms with van der Waals surface area (Å²) in [6, 6.07) is 8.69. The van der Waals surface area contributed by atoms with E-state index in [0.29, 0.717) is 5.56 Å². The summed E-state index contributed by atoms with van der Waals surface area (Å²) in [5.41, 5.74) is -1.20. The molecule has 0 aliphatic carbocycles. The van der Waals surface area contributed by atoms with Crippen LogP contribution >= 0.6 is 0 Å². The van der Waals surface area contributed by atoms with E-state index in [0.717, 1.165) is 0 Å². The van der Waals surface area contributed by atoms with Crippen LogP contribution < -0.4 is 5.32 Å². The number of hydrogen-bond donors (Lipinski definition) is 2. The number of benzene rings is 1. The van der Waals surface area contributed by atoms with Crippen molar-refractivity contribution in [2.45, 2.75) is 24.2 Å². The Balaban J connectivity index is 1.94. The van der Waals surface area contributed by atoms with Crippen molar-refractivity contribution in [2.75, 3.05) is 33.4 Å². The van der Waals surface area contributed by atoms with Gasteiger partial charge in [-0.05, 0) is 7.05 Å². The fraction of sp³-hybridized carbons (Fsp3) is 0.562. The number of aliphatic hydroxyl groups is 1. The molecule has 2 heterocycles. The number of halogens is 2. The summed E-state index contributed by atoms with van der Waals surface area (Å²) < 4.78 is 32.0. The number of rotatable bonds is 6. The van der Waals surface area contributed by atoms with E-state index in [1.54, 1.807) is 37.4 Å². The monoisotopic (exact) mass is 341 g/mol. The molecule has 1 aromatic rings. The molecule has 8 heteroatoms. The standard InChI is InChI=1S/C16H21F2N3O3/c1-20(8-7-17)14-12(18)10-21(14)16(23,11-5-3-2-4-6-11)13-9-19-15(22)24-13/h2-6,12-14,23H,7-10H2,1H3,(H,19,22). The van der Waals surface area contributed by atoms with Gasteiger partial charge in [0.1, 0.15) is 12.8 Å². The van der Waals surface area contributed by atoms with Gasteiger partial charge in [0, 0.05) is 18.7 Å². The number of carbonyl (C=O) groups excluding carboxylic acids is 1. The molecule has 1 aromatic carbocycles. The maximum absolute atomic E-state index is 14.2. The molecule has 24 heavy (non-hydrogen) atoms. The third-order valence-electron chi connectivity index (χ3n) is 4.67. The Morgan fingerprint density at radius 3 is 2.71 bits per heavy atom. The number of ether oxygens (including phenoxy) is 1. The molecule has 0 bridgehead atoms. The van der Waals surface area contributed by atoms with Gasteiger partial charge in [0.25, 0.3) is 0 Å². The van der Waals surface area contributed by atoms with Crippen molar-refractivity contribution in [3.8, 4) is 0 Å². The highest BCUT2D eigenvalue weighted by Crippen LogP contribution is 2.40. The Morgan fingerprint density at radius 1 is 1.46 bits per heavy atom. The largest absolute Gasteiger partial charge is 0.439 e. The average molecular weight is 341 g/mol. The van der Waals surface area contributed by atoms with E-state index in [1.807, 2.05) is 0 Å². The quantitative estimate of drug-likeness (QED) is 0.802. The van der Waals surface area contributed by atoms with Gasteiger partial charge in [-0.3, -0.25) is 4.90 Å². The van der Waals surface area contributed by atoms with Crippen molar-refractivity contribution >= 4 is 6.09 Å². The van der Waals surface area contributed by atoms with E-state index in [9.17, 15) is 18.7 Å². The van der Waals surface area contributed by atoms with Crippen LogP contribution in [0, 0.1) is 0 Å². The maximum Gasteiger partial charge on any atom is 0.407 e. The van der Waals surface area contributed by atoms with Gasteiger partial charge < -0.3 is 15.2 Å². The Labute approximate surface area is 139 Å². The molecular weight excluding hydrogens is 320 g/mol. The SMILES string of the molecule is CN(CCF)C1C(F)CN1C(O)(c1ccccc1)C1CNC(=O)O1. The van der Waals surface area contributed by atoms with Crippen LogP contribution in [0.5, 0.6) is 0 Å². The first-order chi connectivity index (χ1) is 11.5. The minimum absolute atomic E-state index is 0.0270. The molecule has 4 unspecified atom stereocenters. The zero-order valence-corrected chi connectivity index (χ0v) is 13.4. The third kappa shape index (κ3) is 2.74. The molecular formula is C16H21F2N3O3. The highest BCUT2D eigenvalue weighted by atomic mass is 19.1. The van der Waals surface area contributed by atoms with E-state index in [2.05, 4.69) is 5.32 Å². The fourth-order valence-electron chi connectivity index (χ4n) is 3.40. The predicted octanol–water partition coefficient (Wildman–Crippen LogP) is 0.821. The number of nitrogens with one attached hydrogen (secondary N) is 1. The van der Waals surface area contributed by atoms with Crippen LogP contribution in [0.25, 0.3) is 0 Å². The first kappa shape index (κ1) is 17.1. The molecule has 1 amide bonds. The molecule has 0 saturated carbocycles. The number of amides is 1. The Kier molecular flexibility index (Phi) is 4.71. The van der Waals surface area contributed by atoms with Gasteiger partial charge in [-0.25, -0.2) is 18.5 Å². The van der Waals surface area contributed by atoms with Gasteiger partial charge in [-0.15, -0.1) is 0 Å². The molecule has 2 fully saturated rings. The van der Waals surface area contributed by atoms with Crippen LogP contribution in [0.1, 0.15) is 5.56 Å². The molecule has 2 N–H and O–H groups in total. The van der Waals surface area contributed by atoms with Crippen molar-refractivity contribution in [1.29, 1.82) is 0 Å². The minimum atomic E-state index is -1.70. The zero-order valence-electron chi connectivity index (χ0n) is 13.4. The van der Waals surface area contributed by atoms with Crippen molar-refractivity contribution in [3.05, 3.63) is 35.9 Å². The van der Waals surface area contributed by atoms with Crippen LogP contribution in [0.15, 0.2) is 30.3 Å². The van der Waals surface area contributed by atoms with Crippen molar-refractivity contribution < 1.29 is 23.4 Å². The molecule has 3 rings (SSSR count). The maximum atomic E-state index is 14.2. The summed E-state index contributed by atoms with van der Waals surface area (Å²) in [7, 11) is 1.60. The summed E-state index contributed by atoms with van der Waals surface area (Å²) in [5.74, 6) is 0. The first-order valence-electron chi connectivity index (χ1n) is 7.88. The zero-order chi connectivity index (χ0) is 17.3. The van der Waals surface area contributed by atoms with Crippen molar-refractivity contribution in [2.24, 2.45) is 0 Å². The predicted molar refractivity (Wildman–Crippen MR) is 82.6 cm³/mol.